The second kappa shape index (κ2) is 6.70. The molecule has 1 aliphatic rings. The fourth-order valence-electron chi connectivity index (χ4n) is 3.08. The molecule has 4 rings (SSSR count). The van der Waals surface area contributed by atoms with Gasteiger partial charge < -0.3 is 8.83 Å². The van der Waals surface area contributed by atoms with Crippen LogP contribution in [-0.2, 0) is 13.1 Å². The van der Waals surface area contributed by atoms with Gasteiger partial charge in [-0.3, -0.25) is 4.90 Å². The molecule has 25 heavy (non-hydrogen) atoms. The van der Waals surface area contributed by atoms with Gasteiger partial charge in [-0.05, 0) is 55.8 Å². The standard InChI is InChI=1S/C20H21ClN2O2/c1-13-9-17(13)18-8-7-16(24-18)11-23(2)12-20-22-10-19(25-20)14-3-5-15(21)6-4-14/h3-8,10,13,17H,9,11-12H2,1-2H3/t13-,17-/m0/s1. The van der Waals surface area contributed by atoms with Gasteiger partial charge in [-0.2, -0.15) is 0 Å². The van der Waals surface area contributed by atoms with E-state index in [1.54, 1.807) is 6.20 Å². The number of rotatable bonds is 6. The Hall–Kier alpha value is -2.04. The summed E-state index contributed by atoms with van der Waals surface area (Å²) in [5.74, 6) is 4.93. The second-order valence-electron chi connectivity index (χ2n) is 6.92. The first-order chi connectivity index (χ1) is 12.1. The minimum Gasteiger partial charge on any atom is -0.464 e. The normalized spacial score (nSPS) is 19.5. The van der Waals surface area contributed by atoms with Crippen molar-refractivity contribution in [1.29, 1.82) is 0 Å². The molecule has 0 bridgehead atoms. The van der Waals surface area contributed by atoms with E-state index < -0.39 is 0 Å². The van der Waals surface area contributed by atoms with E-state index in [4.69, 9.17) is 20.4 Å². The fraction of sp³-hybridized carbons (Fsp3) is 0.350. The molecule has 0 unspecified atom stereocenters. The highest BCUT2D eigenvalue weighted by Gasteiger charge is 2.36. The number of hydrogen-bond donors (Lipinski definition) is 0. The van der Waals surface area contributed by atoms with Crippen LogP contribution in [0.25, 0.3) is 11.3 Å². The number of nitrogens with zero attached hydrogens (tertiary/aromatic N) is 2. The Morgan fingerprint density at radius 3 is 2.60 bits per heavy atom. The lowest BCUT2D eigenvalue weighted by atomic mass is 10.2. The third kappa shape index (κ3) is 3.80. The highest BCUT2D eigenvalue weighted by molar-refractivity contribution is 6.30. The molecule has 4 nitrogen and oxygen atoms in total. The molecule has 1 saturated carbocycles. The summed E-state index contributed by atoms with van der Waals surface area (Å²) in [6, 6.07) is 11.7. The number of hydrogen-bond acceptors (Lipinski definition) is 4. The van der Waals surface area contributed by atoms with Crippen LogP contribution in [0.5, 0.6) is 0 Å². The lowest BCUT2D eigenvalue weighted by molar-refractivity contribution is 0.257. The van der Waals surface area contributed by atoms with Gasteiger partial charge in [0.1, 0.15) is 11.5 Å². The highest BCUT2D eigenvalue weighted by atomic mass is 35.5. The Kier molecular flexibility index (Phi) is 4.40. The van der Waals surface area contributed by atoms with Gasteiger partial charge >= 0.3 is 0 Å². The molecular formula is C20H21ClN2O2. The van der Waals surface area contributed by atoms with Gasteiger partial charge in [0, 0.05) is 16.5 Å². The number of furan rings is 1. The molecule has 130 valence electrons. The third-order valence-electron chi connectivity index (χ3n) is 4.67. The topological polar surface area (TPSA) is 42.4 Å². The van der Waals surface area contributed by atoms with Gasteiger partial charge in [-0.25, -0.2) is 4.98 Å². The molecule has 1 aromatic carbocycles. The number of benzene rings is 1. The summed E-state index contributed by atoms with van der Waals surface area (Å²) in [4.78, 5) is 6.51. The maximum atomic E-state index is 5.97. The molecule has 2 atom stereocenters. The highest BCUT2D eigenvalue weighted by Crippen LogP contribution is 2.47. The van der Waals surface area contributed by atoms with Crippen molar-refractivity contribution in [3.05, 3.63) is 65.0 Å². The van der Waals surface area contributed by atoms with Crippen LogP contribution in [0, 0.1) is 5.92 Å². The van der Waals surface area contributed by atoms with Crippen molar-refractivity contribution in [3.63, 3.8) is 0 Å². The Morgan fingerprint density at radius 1 is 1.12 bits per heavy atom. The predicted octanol–water partition coefficient (Wildman–Crippen LogP) is 5.34. The van der Waals surface area contributed by atoms with Crippen LogP contribution in [0.3, 0.4) is 0 Å². The molecule has 0 saturated heterocycles. The first-order valence-corrected chi connectivity index (χ1v) is 8.94. The summed E-state index contributed by atoms with van der Waals surface area (Å²) in [6.45, 7) is 3.63. The van der Waals surface area contributed by atoms with Crippen LogP contribution in [0.2, 0.25) is 5.02 Å². The van der Waals surface area contributed by atoms with Crippen molar-refractivity contribution < 1.29 is 8.83 Å². The van der Waals surface area contributed by atoms with E-state index in [0.717, 1.165) is 35.3 Å². The molecule has 0 amide bonds. The van der Waals surface area contributed by atoms with Crippen molar-refractivity contribution in [3.8, 4) is 11.3 Å². The summed E-state index contributed by atoms with van der Waals surface area (Å²) >= 11 is 5.92. The zero-order valence-electron chi connectivity index (χ0n) is 14.4. The van der Waals surface area contributed by atoms with E-state index >= 15 is 0 Å². The van der Waals surface area contributed by atoms with Crippen molar-refractivity contribution in [2.45, 2.75) is 32.4 Å². The molecule has 0 aliphatic heterocycles. The Morgan fingerprint density at radius 2 is 1.88 bits per heavy atom. The van der Waals surface area contributed by atoms with E-state index in [2.05, 4.69) is 28.9 Å². The van der Waals surface area contributed by atoms with Gasteiger partial charge in [0.25, 0.3) is 0 Å². The van der Waals surface area contributed by atoms with Crippen LogP contribution >= 0.6 is 11.6 Å². The molecule has 0 spiro atoms. The largest absolute Gasteiger partial charge is 0.464 e. The van der Waals surface area contributed by atoms with Crippen molar-refractivity contribution in [2.75, 3.05) is 7.05 Å². The van der Waals surface area contributed by atoms with Crippen LogP contribution < -0.4 is 0 Å². The summed E-state index contributed by atoms with van der Waals surface area (Å²) in [5.41, 5.74) is 0.972. The van der Waals surface area contributed by atoms with E-state index in [1.165, 1.54) is 6.42 Å². The second-order valence-corrected chi connectivity index (χ2v) is 7.36. The third-order valence-corrected chi connectivity index (χ3v) is 4.92. The lowest BCUT2D eigenvalue weighted by Gasteiger charge is -2.12. The summed E-state index contributed by atoms with van der Waals surface area (Å²) < 4.78 is 11.8. The van der Waals surface area contributed by atoms with E-state index in [0.29, 0.717) is 23.4 Å². The molecule has 2 aromatic heterocycles. The van der Waals surface area contributed by atoms with Crippen molar-refractivity contribution in [2.24, 2.45) is 5.92 Å². The summed E-state index contributed by atoms with van der Waals surface area (Å²) in [7, 11) is 2.04. The summed E-state index contributed by atoms with van der Waals surface area (Å²) in [5, 5.41) is 0.710. The molecule has 0 N–H and O–H groups in total. The first kappa shape index (κ1) is 16.4. The zero-order valence-corrected chi connectivity index (χ0v) is 15.2. The average Bonchev–Trinajstić information content (AvgIpc) is 2.99. The number of aromatic nitrogens is 1. The molecule has 3 aromatic rings. The first-order valence-electron chi connectivity index (χ1n) is 8.56. The van der Waals surface area contributed by atoms with Crippen LogP contribution in [0.1, 0.15) is 36.7 Å². The fourth-order valence-corrected chi connectivity index (χ4v) is 3.21. The average molecular weight is 357 g/mol. The Bertz CT molecular complexity index is 853. The molecule has 0 radical (unpaired) electrons. The van der Waals surface area contributed by atoms with E-state index in [-0.39, 0.29) is 0 Å². The summed E-state index contributed by atoms with van der Waals surface area (Å²) in [6.07, 6.45) is 3.00. The van der Waals surface area contributed by atoms with Gasteiger partial charge in [0.2, 0.25) is 5.89 Å². The smallest absolute Gasteiger partial charge is 0.209 e. The maximum absolute atomic E-state index is 5.97. The van der Waals surface area contributed by atoms with Crippen LogP contribution in [-0.4, -0.2) is 16.9 Å². The van der Waals surface area contributed by atoms with E-state index in [1.807, 2.05) is 31.3 Å². The minimum absolute atomic E-state index is 0.618. The van der Waals surface area contributed by atoms with E-state index in [9.17, 15) is 0 Å². The monoisotopic (exact) mass is 356 g/mol. The number of oxazole rings is 1. The Balaban J connectivity index is 1.37. The van der Waals surface area contributed by atoms with Gasteiger partial charge in [-0.1, -0.05) is 18.5 Å². The molecular weight excluding hydrogens is 336 g/mol. The molecule has 1 aliphatic carbocycles. The number of halogens is 1. The quantitative estimate of drug-likeness (QED) is 0.597. The van der Waals surface area contributed by atoms with Crippen molar-refractivity contribution in [1.82, 2.24) is 9.88 Å². The molecule has 5 heteroatoms. The predicted molar refractivity (Wildman–Crippen MR) is 97.4 cm³/mol. The van der Waals surface area contributed by atoms with Gasteiger partial charge in [0.15, 0.2) is 5.76 Å². The minimum atomic E-state index is 0.618. The van der Waals surface area contributed by atoms with Crippen LogP contribution in [0.15, 0.2) is 51.4 Å². The molecule has 2 heterocycles. The SMILES string of the molecule is C[C@H]1C[C@@H]1c1ccc(CN(C)Cc2ncc(-c3ccc(Cl)cc3)o2)o1. The maximum Gasteiger partial charge on any atom is 0.209 e. The van der Waals surface area contributed by atoms with Gasteiger partial charge in [0.05, 0.1) is 19.3 Å². The van der Waals surface area contributed by atoms with Crippen molar-refractivity contribution >= 4 is 11.6 Å². The molecule has 1 fully saturated rings. The zero-order chi connectivity index (χ0) is 17.4. The van der Waals surface area contributed by atoms with Crippen LogP contribution in [0.4, 0.5) is 0 Å². The lowest BCUT2D eigenvalue weighted by Crippen LogP contribution is -2.16. The Labute approximate surface area is 152 Å². The van der Waals surface area contributed by atoms with Gasteiger partial charge in [-0.15, -0.1) is 0 Å².